The van der Waals surface area contributed by atoms with Crippen LogP contribution < -0.4 is 11.1 Å². The summed E-state index contributed by atoms with van der Waals surface area (Å²) in [5, 5.41) is 2.83. The topological polar surface area (TPSA) is 84.5 Å². The molecule has 0 aliphatic carbocycles. The molecule has 1 heterocycles. The zero-order valence-electron chi connectivity index (χ0n) is 15.3. The van der Waals surface area contributed by atoms with Gasteiger partial charge in [0.25, 0.3) is 0 Å². The van der Waals surface area contributed by atoms with Gasteiger partial charge in [0.1, 0.15) is 6.54 Å². The lowest BCUT2D eigenvalue weighted by molar-refractivity contribution is -0.133. The Labute approximate surface area is 156 Å². The van der Waals surface area contributed by atoms with Crippen LogP contribution in [0.1, 0.15) is 12.5 Å². The second-order valence-corrected chi connectivity index (χ2v) is 6.23. The molecule has 0 radical (unpaired) electrons. The van der Waals surface area contributed by atoms with Crippen molar-refractivity contribution in [3.8, 4) is 0 Å². The van der Waals surface area contributed by atoms with Crippen LogP contribution in [0.3, 0.4) is 0 Å². The zero-order chi connectivity index (χ0) is 19.4. The lowest BCUT2D eigenvalue weighted by atomic mass is 10.1. The van der Waals surface area contributed by atoms with Crippen molar-refractivity contribution in [2.24, 2.45) is 0 Å². The summed E-state index contributed by atoms with van der Waals surface area (Å²) < 4.78 is 6.39. The van der Waals surface area contributed by atoms with Gasteiger partial charge >= 0.3 is 5.76 Å². The summed E-state index contributed by atoms with van der Waals surface area (Å²) in [4.78, 5) is 38.0. The van der Waals surface area contributed by atoms with Gasteiger partial charge in [0, 0.05) is 12.7 Å². The number of likely N-dealkylation sites (N-methyl/N-ethyl adjacent to an activating group) is 1. The second kappa shape index (κ2) is 7.90. The first-order valence-electron chi connectivity index (χ1n) is 8.69. The molecule has 1 aromatic heterocycles. The standard InChI is InChI=1S/C20H21N3O4/c1-3-14-8-4-5-9-15(14)21-18(24)12-22(2)19(25)13-23-16-10-6-7-11-17(16)27-20(23)26/h4-11H,3,12-13H2,1-2H3,(H,21,24). The number of hydrogen-bond acceptors (Lipinski definition) is 4. The van der Waals surface area contributed by atoms with E-state index in [1.807, 2.05) is 31.2 Å². The normalized spacial score (nSPS) is 10.7. The van der Waals surface area contributed by atoms with Gasteiger partial charge in [-0.1, -0.05) is 37.3 Å². The predicted octanol–water partition coefficient (Wildman–Crippen LogP) is 2.25. The number of rotatable bonds is 6. The smallest absolute Gasteiger partial charge is 0.408 e. The number of hydrogen-bond donors (Lipinski definition) is 1. The molecule has 3 rings (SSSR count). The summed E-state index contributed by atoms with van der Waals surface area (Å²) in [6, 6.07) is 14.4. The number of oxazole rings is 1. The summed E-state index contributed by atoms with van der Waals surface area (Å²) in [6.45, 7) is 1.71. The van der Waals surface area contributed by atoms with Gasteiger partial charge in [-0.15, -0.1) is 0 Å². The molecule has 1 N–H and O–H groups in total. The number of nitrogens with one attached hydrogen (secondary N) is 1. The van der Waals surface area contributed by atoms with E-state index in [2.05, 4.69) is 5.32 Å². The highest BCUT2D eigenvalue weighted by Gasteiger charge is 2.17. The number of fused-ring (bicyclic) bond motifs is 1. The number of carbonyl (C=O) groups excluding carboxylic acids is 2. The highest BCUT2D eigenvalue weighted by Crippen LogP contribution is 2.15. The maximum atomic E-state index is 12.5. The van der Waals surface area contributed by atoms with Gasteiger partial charge < -0.3 is 14.6 Å². The number of carbonyl (C=O) groups is 2. The molecule has 0 spiro atoms. The van der Waals surface area contributed by atoms with E-state index < -0.39 is 5.76 Å². The van der Waals surface area contributed by atoms with Gasteiger partial charge in [-0.25, -0.2) is 4.79 Å². The number of aromatic nitrogens is 1. The molecule has 0 aliphatic rings. The minimum absolute atomic E-state index is 0.110. The quantitative estimate of drug-likeness (QED) is 0.724. The molecule has 0 bridgehead atoms. The van der Waals surface area contributed by atoms with Crippen LogP contribution in [0.15, 0.2) is 57.7 Å². The molecule has 2 amide bonds. The first-order valence-corrected chi connectivity index (χ1v) is 8.69. The van der Waals surface area contributed by atoms with Crippen molar-refractivity contribution in [2.75, 3.05) is 18.9 Å². The van der Waals surface area contributed by atoms with Gasteiger partial charge in [-0.2, -0.15) is 0 Å². The number of anilines is 1. The van der Waals surface area contributed by atoms with Crippen molar-refractivity contribution in [1.82, 2.24) is 9.47 Å². The molecule has 3 aromatic rings. The van der Waals surface area contributed by atoms with Crippen LogP contribution in [0.25, 0.3) is 11.1 Å². The third kappa shape index (κ3) is 4.08. The van der Waals surface area contributed by atoms with Crippen LogP contribution in [-0.4, -0.2) is 34.9 Å². The van der Waals surface area contributed by atoms with Gasteiger partial charge in [-0.05, 0) is 30.2 Å². The largest absolute Gasteiger partial charge is 0.420 e. The van der Waals surface area contributed by atoms with Crippen molar-refractivity contribution in [3.63, 3.8) is 0 Å². The fraction of sp³-hybridized carbons (Fsp3) is 0.250. The number of amides is 2. The molecular formula is C20H21N3O4. The molecule has 7 heteroatoms. The van der Waals surface area contributed by atoms with E-state index in [-0.39, 0.29) is 24.9 Å². The summed E-state index contributed by atoms with van der Waals surface area (Å²) in [5.41, 5.74) is 2.73. The van der Waals surface area contributed by atoms with Crippen molar-refractivity contribution >= 4 is 28.6 Å². The third-order valence-corrected chi connectivity index (χ3v) is 4.35. The summed E-state index contributed by atoms with van der Waals surface area (Å²) >= 11 is 0. The van der Waals surface area contributed by atoms with Crippen molar-refractivity contribution in [3.05, 3.63) is 64.6 Å². The molecule has 0 unspecified atom stereocenters. The van der Waals surface area contributed by atoms with E-state index in [0.29, 0.717) is 11.1 Å². The van der Waals surface area contributed by atoms with E-state index in [4.69, 9.17) is 4.42 Å². The Balaban J connectivity index is 1.66. The molecule has 0 saturated carbocycles. The molecule has 2 aromatic carbocycles. The zero-order valence-corrected chi connectivity index (χ0v) is 15.3. The Bertz CT molecular complexity index is 1030. The Morgan fingerprint density at radius 1 is 1.11 bits per heavy atom. The lowest BCUT2D eigenvalue weighted by Gasteiger charge is -2.17. The average Bonchev–Trinajstić information content (AvgIpc) is 2.97. The number of aryl methyl sites for hydroxylation is 1. The molecule has 0 saturated heterocycles. The fourth-order valence-electron chi connectivity index (χ4n) is 2.86. The highest BCUT2D eigenvalue weighted by atomic mass is 16.4. The average molecular weight is 367 g/mol. The van der Waals surface area contributed by atoms with Crippen molar-refractivity contribution < 1.29 is 14.0 Å². The molecule has 140 valence electrons. The maximum Gasteiger partial charge on any atom is 0.420 e. The Kier molecular flexibility index (Phi) is 5.40. The van der Waals surface area contributed by atoms with Crippen molar-refractivity contribution in [2.45, 2.75) is 19.9 Å². The maximum absolute atomic E-state index is 12.5. The molecular weight excluding hydrogens is 346 g/mol. The van der Waals surface area contributed by atoms with Crippen LogP contribution in [0.2, 0.25) is 0 Å². The minimum atomic E-state index is -0.598. The van der Waals surface area contributed by atoms with Gasteiger partial charge in [0.05, 0.1) is 12.1 Å². The number of nitrogens with zero attached hydrogens (tertiary/aromatic N) is 2. The monoisotopic (exact) mass is 367 g/mol. The lowest BCUT2D eigenvalue weighted by Crippen LogP contribution is -2.38. The Morgan fingerprint density at radius 3 is 2.59 bits per heavy atom. The molecule has 0 aliphatic heterocycles. The van der Waals surface area contributed by atoms with Gasteiger partial charge in [0.15, 0.2) is 5.58 Å². The highest BCUT2D eigenvalue weighted by molar-refractivity contribution is 5.95. The van der Waals surface area contributed by atoms with Crippen LogP contribution in [0.5, 0.6) is 0 Å². The third-order valence-electron chi connectivity index (χ3n) is 4.35. The SMILES string of the molecule is CCc1ccccc1NC(=O)CN(C)C(=O)Cn1c(=O)oc2ccccc21. The second-order valence-electron chi connectivity index (χ2n) is 6.23. The first-order chi connectivity index (χ1) is 13.0. The molecule has 7 nitrogen and oxygen atoms in total. The van der Waals surface area contributed by atoms with E-state index in [1.54, 1.807) is 24.3 Å². The van der Waals surface area contributed by atoms with E-state index in [1.165, 1.54) is 16.5 Å². The molecule has 0 atom stereocenters. The summed E-state index contributed by atoms with van der Waals surface area (Å²) in [6.07, 6.45) is 0.793. The first kappa shape index (κ1) is 18.4. The van der Waals surface area contributed by atoms with Crippen molar-refractivity contribution in [1.29, 1.82) is 0 Å². The summed E-state index contributed by atoms with van der Waals surface area (Å²) in [7, 11) is 1.53. The number of benzene rings is 2. The van der Waals surface area contributed by atoms with Crippen LogP contribution in [-0.2, 0) is 22.6 Å². The molecule has 27 heavy (non-hydrogen) atoms. The number of para-hydroxylation sites is 3. The summed E-state index contributed by atoms with van der Waals surface area (Å²) in [5.74, 6) is -1.25. The minimum Gasteiger partial charge on any atom is -0.408 e. The van der Waals surface area contributed by atoms with Crippen LogP contribution in [0, 0.1) is 0 Å². The van der Waals surface area contributed by atoms with Gasteiger partial charge in [0.2, 0.25) is 11.8 Å². The van der Waals surface area contributed by atoms with E-state index in [0.717, 1.165) is 17.7 Å². The predicted molar refractivity (Wildman–Crippen MR) is 103 cm³/mol. The van der Waals surface area contributed by atoms with Crippen LogP contribution >= 0.6 is 0 Å². The Hall–Kier alpha value is -3.35. The Morgan fingerprint density at radius 2 is 1.81 bits per heavy atom. The van der Waals surface area contributed by atoms with Crippen LogP contribution in [0.4, 0.5) is 5.69 Å². The molecule has 0 fully saturated rings. The van der Waals surface area contributed by atoms with E-state index >= 15 is 0 Å². The van der Waals surface area contributed by atoms with E-state index in [9.17, 15) is 14.4 Å². The fourth-order valence-corrected chi connectivity index (χ4v) is 2.86. The van der Waals surface area contributed by atoms with Gasteiger partial charge in [-0.3, -0.25) is 14.2 Å².